The van der Waals surface area contributed by atoms with Gasteiger partial charge in [0.2, 0.25) is 5.91 Å². The number of hydrogen-bond acceptors (Lipinski definition) is 7. The number of carbonyl (C=O) groups is 2. The van der Waals surface area contributed by atoms with Crippen LogP contribution in [-0.2, 0) is 4.79 Å². The molecule has 1 aromatic carbocycles. The van der Waals surface area contributed by atoms with Gasteiger partial charge in [0.05, 0.1) is 11.0 Å². The Morgan fingerprint density at radius 3 is 2.59 bits per heavy atom. The highest BCUT2D eigenvalue weighted by atomic mass is 32.2. The zero-order valence-corrected chi connectivity index (χ0v) is 20.9. The van der Waals surface area contributed by atoms with Crippen LogP contribution in [0.2, 0.25) is 0 Å². The second kappa shape index (κ2) is 10.5. The standard InChI is InChI=1S/C24H27F2N7O3S/c1-37-23-30-18(12-19(31-23)33-17-5-3-2-4-15(17)28-21(33)20(25)26)27-13-6-8-14(9-7-13)32-11-10-16(22(32)34)29-24(35)36/h2-5,12-14,16,20,29H,6-11H2,1H3,(H,35,36)(H,27,30,31)/t13-,14-,16-/m1/s1. The van der Waals surface area contributed by atoms with Gasteiger partial charge in [-0.25, -0.2) is 28.5 Å². The van der Waals surface area contributed by atoms with E-state index in [4.69, 9.17) is 5.11 Å². The number of nitrogens with zero attached hydrogens (tertiary/aromatic N) is 5. The molecule has 1 aliphatic heterocycles. The van der Waals surface area contributed by atoms with Gasteiger partial charge in [0.25, 0.3) is 6.43 Å². The Balaban J connectivity index is 1.32. The van der Waals surface area contributed by atoms with Crippen LogP contribution in [0.1, 0.15) is 44.4 Å². The summed E-state index contributed by atoms with van der Waals surface area (Å²) in [6.07, 6.45) is 1.47. The molecule has 3 N–H and O–H groups in total. The van der Waals surface area contributed by atoms with Crippen molar-refractivity contribution in [3.05, 3.63) is 36.2 Å². The first-order valence-electron chi connectivity index (χ1n) is 12.1. The van der Waals surface area contributed by atoms with Crippen molar-refractivity contribution in [1.82, 2.24) is 29.7 Å². The fourth-order valence-electron chi connectivity index (χ4n) is 5.21. The monoisotopic (exact) mass is 531 g/mol. The Hall–Kier alpha value is -3.48. The average Bonchev–Trinajstić information content (AvgIpc) is 3.45. The summed E-state index contributed by atoms with van der Waals surface area (Å²) in [5, 5.41) is 15.1. The first-order chi connectivity index (χ1) is 17.8. The van der Waals surface area contributed by atoms with E-state index in [0.29, 0.717) is 40.8 Å². The van der Waals surface area contributed by atoms with Crippen LogP contribution < -0.4 is 10.6 Å². The minimum Gasteiger partial charge on any atom is -0.465 e. The van der Waals surface area contributed by atoms with E-state index in [1.54, 1.807) is 35.2 Å². The van der Waals surface area contributed by atoms with Gasteiger partial charge in [0.1, 0.15) is 17.7 Å². The zero-order chi connectivity index (χ0) is 26.1. The van der Waals surface area contributed by atoms with Gasteiger partial charge in [-0.05, 0) is 50.5 Å². The summed E-state index contributed by atoms with van der Waals surface area (Å²) in [4.78, 5) is 38.5. The van der Waals surface area contributed by atoms with E-state index < -0.39 is 18.6 Å². The van der Waals surface area contributed by atoms with E-state index in [9.17, 15) is 18.4 Å². The Morgan fingerprint density at radius 2 is 1.89 bits per heavy atom. The van der Waals surface area contributed by atoms with Gasteiger partial charge in [-0.3, -0.25) is 9.36 Å². The van der Waals surface area contributed by atoms with Crippen LogP contribution in [0.25, 0.3) is 16.9 Å². The second-order valence-corrected chi connectivity index (χ2v) is 9.94. The normalized spacial score (nSPS) is 22.1. The van der Waals surface area contributed by atoms with Crippen LogP contribution in [0.4, 0.5) is 19.4 Å². The van der Waals surface area contributed by atoms with Crippen molar-refractivity contribution in [2.24, 2.45) is 0 Å². The van der Waals surface area contributed by atoms with Gasteiger partial charge in [0, 0.05) is 24.7 Å². The topological polar surface area (TPSA) is 125 Å². The van der Waals surface area contributed by atoms with E-state index in [0.717, 1.165) is 25.7 Å². The van der Waals surface area contributed by atoms with Crippen molar-refractivity contribution in [3.8, 4) is 5.82 Å². The lowest BCUT2D eigenvalue weighted by molar-refractivity contribution is -0.131. The molecule has 13 heteroatoms. The highest BCUT2D eigenvalue weighted by molar-refractivity contribution is 7.98. The fourth-order valence-corrected chi connectivity index (χ4v) is 5.59. The number of carboxylic acid groups (broad SMARTS) is 1. The molecule has 0 spiro atoms. The Kier molecular flexibility index (Phi) is 7.13. The number of imidazole rings is 1. The third kappa shape index (κ3) is 5.17. The number of hydrogen-bond donors (Lipinski definition) is 3. The van der Waals surface area contributed by atoms with Gasteiger partial charge in [-0.15, -0.1) is 0 Å². The smallest absolute Gasteiger partial charge is 0.405 e. The van der Waals surface area contributed by atoms with E-state index >= 15 is 0 Å². The van der Waals surface area contributed by atoms with E-state index in [2.05, 4.69) is 25.6 Å². The first-order valence-corrected chi connectivity index (χ1v) is 13.3. The summed E-state index contributed by atoms with van der Waals surface area (Å²) in [5.41, 5.74) is 1.01. The number of anilines is 1. The lowest BCUT2D eigenvalue weighted by atomic mass is 9.90. The highest BCUT2D eigenvalue weighted by Gasteiger charge is 2.38. The Labute approximate surface area is 215 Å². The molecular weight excluding hydrogens is 504 g/mol. The van der Waals surface area contributed by atoms with Crippen molar-refractivity contribution < 1.29 is 23.5 Å². The molecule has 2 fully saturated rings. The Morgan fingerprint density at radius 1 is 1.14 bits per heavy atom. The number of para-hydroxylation sites is 2. The average molecular weight is 532 g/mol. The highest BCUT2D eigenvalue weighted by Crippen LogP contribution is 2.31. The van der Waals surface area contributed by atoms with Crippen molar-refractivity contribution in [2.45, 2.75) is 61.8 Å². The third-order valence-corrected chi connectivity index (χ3v) is 7.46. The van der Waals surface area contributed by atoms with E-state index in [1.807, 2.05) is 6.26 Å². The first kappa shape index (κ1) is 25.2. The van der Waals surface area contributed by atoms with Crippen LogP contribution in [0.3, 0.4) is 0 Å². The minimum atomic E-state index is -2.77. The van der Waals surface area contributed by atoms with Gasteiger partial charge in [-0.2, -0.15) is 0 Å². The zero-order valence-electron chi connectivity index (χ0n) is 20.1. The number of carbonyl (C=O) groups excluding carboxylic acids is 1. The maximum Gasteiger partial charge on any atom is 0.405 e. The SMILES string of the molecule is CSc1nc(N[C@H]2CC[C@H](N3CC[C@@H](NC(=O)O)C3=O)CC2)cc(-n2c(C(F)F)nc3ccccc32)n1. The number of amides is 2. The molecule has 0 radical (unpaired) electrons. The third-order valence-electron chi connectivity index (χ3n) is 6.91. The van der Waals surface area contributed by atoms with Crippen molar-refractivity contribution in [3.63, 3.8) is 0 Å². The molecule has 3 heterocycles. The number of benzene rings is 1. The molecule has 2 aliphatic rings. The van der Waals surface area contributed by atoms with Crippen molar-refractivity contribution in [2.75, 3.05) is 18.1 Å². The van der Waals surface area contributed by atoms with Crippen molar-refractivity contribution in [1.29, 1.82) is 0 Å². The molecule has 1 aliphatic carbocycles. The molecule has 0 unspecified atom stereocenters. The van der Waals surface area contributed by atoms with Gasteiger partial charge in [0.15, 0.2) is 11.0 Å². The van der Waals surface area contributed by atoms with Crippen LogP contribution >= 0.6 is 11.8 Å². The fraction of sp³-hybridized carbons (Fsp3) is 0.458. The molecule has 0 bridgehead atoms. The number of nitrogens with one attached hydrogen (secondary N) is 2. The second-order valence-electron chi connectivity index (χ2n) is 9.17. The molecule has 37 heavy (non-hydrogen) atoms. The molecule has 2 amide bonds. The molecular formula is C24H27F2N7O3S. The summed E-state index contributed by atoms with van der Waals surface area (Å²) in [6, 6.07) is 8.11. The maximum atomic E-state index is 13.9. The molecule has 3 aromatic rings. The van der Waals surface area contributed by atoms with E-state index in [1.165, 1.54) is 16.3 Å². The molecule has 1 saturated carbocycles. The number of fused-ring (bicyclic) bond motifs is 1. The molecule has 5 rings (SSSR count). The quantitative estimate of drug-likeness (QED) is 0.308. The number of rotatable bonds is 7. The lowest BCUT2D eigenvalue weighted by Crippen LogP contribution is -2.46. The number of likely N-dealkylation sites (tertiary alicyclic amines) is 1. The van der Waals surface area contributed by atoms with Crippen molar-refractivity contribution >= 4 is 40.6 Å². The maximum absolute atomic E-state index is 13.9. The van der Waals surface area contributed by atoms with Gasteiger partial charge in [-0.1, -0.05) is 23.9 Å². The predicted octanol–water partition coefficient (Wildman–Crippen LogP) is 4.07. The van der Waals surface area contributed by atoms with Gasteiger partial charge < -0.3 is 20.6 Å². The molecule has 1 saturated heterocycles. The summed E-state index contributed by atoms with van der Waals surface area (Å²) in [5.74, 6) is 0.327. The molecule has 196 valence electrons. The summed E-state index contributed by atoms with van der Waals surface area (Å²) >= 11 is 1.32. The van der Waals surface area contributed by atoms with E-state index in [-0.39, 0.29) is 23.8 Å². The van der Waals surface area contributed by atoms with Crippen LogP contribution in [0.15, 0.2) is 35.5 Å². The van der Waals surface area contributed by atoms with Crippen LogP contribution in [0.5, 0.6) is 0 Å². The summed E-state index contributed by atoms with van der Waals surface area (Å²) in [6.45, 7) is 0.546. The number of aromatic nitrogens is 4. The molecule has 1 atom stereocenters. The lowest BCUT2D eigenvalue weighted by Gasteiger charge is -2.35. The number of thioether (sulfide) groups is 1. The summed E-state index contributed by atoms with van der Waals surface area (Å²) in [7, 11) is 0. The number of halogens is 2. The summed E-state index contributed by atoms with van der Waals surface area (Å²) < 4.78 is 29.1. The van der Waals surface area contributed by atoms with Gasteiger partial charge >= 0.3 is 6.09 Å². The number of alkyl halides is 2. The van der Waals surface area contributed by atoms with Crippen LogP contribution in [-0.4, -0.2) is 72.5 Å². The Bertz CT molecular complexity index is 1310. The largest absolute Gasteiger partial charge is 0.465 e. The molecule has 2 aromatic heterocycles. The van der Waals surface area contributed by atoms with Crippen LogP contribution in [0, 0.1) is 0 Å². The molecule has 10 nitrogen and oxygen atoms in total. The minimum absolute atomic E-state index is 0.0692. The predicted molar refractivity (Wildman–Crippen MR) is 134 cm³/mol.